The van der Waals surface area contributed by atoms with Crippen molar-refractivity contribution in [2.75, 3.05) is 6.54 Å². The van der Waals surface area contributed by atoms with E-state index in [-0.39, 0.29) is 12.8 Å². The smallest absolute Gasteiger partial charge is 0.326 e. The topological polar surface area (TPSA) is 127 Å². The highest BCUT2D eigenvalue weighted by molar-refractivity contribution is 5.87. The molecule has 20 heavy (non-hydrogen) atoms. The molecule has 0 radical (unpaired) electrons. The molecule has 0 aromatic rings. The lowest BCUT2D eigenvalue weighted by atomic mass is 10.1. The Bertz CT molecular complexity index is 345. The second kappa shape index (κ2) is 9.30. The summed E-state index contributed by atoms with van der Waals surface area (Å²) < 4.78 is 0. The number of amides is 2. The minimum absolute atomic E-state index is 0.00918. The number of carbonyl (C=O) groups is 3. The molecule has 0 heterocycles. The highest BCUT2D eigenvalue weighted by atomic mass is 16.4. The molecular weight excluding hydrogens is 262 g/mol. The largest absolute Gasteiger partial charge is 0.480 e. The van der Waals surface area contributed by atoms with Crippen molar-refractivity contribution in [3.8, 4) is 0 Å². The molecule has 116 valence electrons. The summed E-state index contributed by atoms with van der Waals surface area (Å²) >= 11 is 0. The maximum absolute atomic E-state index is 12.0. The van der Waals surface area contributed by atoms with Crippen LogP contribution in [0.3, 0.4) is 0 Å². The summed E-state index contributed by atoms with van der Waals surface area (Å²) in [4.78, 5) is 35.4. The molecule has 0 aromatic carbocycles. The van der Waals surface area contributed by atoms with Gasteiger partial charge in [-0.1, -0.05) is 19.8 Å². The number of rotatable bonds is 10. The molecule has 7 heteroatoms. The lowest BCUT2D eigenvalue weighted by molar-refractivity contribution is -0.151. The van der Waals surface area contributed by atoms with Crippen molar-refractivity contribution >= 4 is 17.8 Å². The minimum atomic E-state index is -1.14. The van der Waals surface area contributed by atoms with Gasteiger partial charge in [0.15, 0.2) is 0 Å². The summed E-state index contributed by atoms with van der Waals surface area (Å²) in [6.45, 7) is 3.85. The molecule has 0 aliphatic rings. The number of hydrogen-bond acceptors (Lipinski definition) is 4. The van der Waals surface area contributed by atoms with E-state index in [1.165, 1.54) is 11.8 Å². The van der Waals surface area contributed by atoms with Gasteiger partial charge in [-0.25, -0.2) is 4.79 Å². The predicted octanol–water partition coefficient (Wildman–Crippen LogP) is 0.0711. The Labute approximate surface area is 119 Å². The number of nitrogens with zero attached hydrogens (tertiary/aromatic N) is 1. The molecule has 0 fully saturated rings. The lowest BCUT2D eigenvalue weighted by Gasteiger charge is -2.30. The number of carboxylic acid groups (broad SMARTS) is 1. The van der Waals surface area contributed by atoms with E-state index in [1.54, 1.807) is 0 Å². The zero-order valence-corrected chi connectivity index (χ0v) is 12.2. The van der Waals surface area contributed by atoms with Gasteiger partial charge in [0.25, 0.3) is 0 Å². The van der Waals surface area contributed by atoms with Crippen LogP contribution in [0.2, 0.25) is 0 Å². The molecule has 0 bridgehead atoms. The summed E-state index contributed by atoms with van der Waals surface area (Å²) in [6, 6.07) is -1.83. The molecule has 7 nitrogen and oxygen atoms in total. The van der Waals surface area contributed by atoms with Crippen molar-refractivity contribution in [1.29, 1.82) is 0 Å². The van der Waals surface area contributed by atoms with E-state index in [0.29, 0.717) is 13.0 Å². The second-order valence-corrected chi connectivity index (χ2v) is 4.89. The van der Waals surface area contributed by atoms with Crippen molar-refractivity contribution in [2.45, 2.75) is 58.0 Å². The fourth-order valence-corrected chi connectivity index (χ4v) is 1.90. The van der Waals surface area contributed by atoms with Gasteiger partial charge in [0.1, 0.15) is 6.04 Å². The Balaban J connectivity index is 4.93. The van der Waals surface area contributed by atoms with E-state index in [9.17, 15) is 19.5 Å². The van der Waals surface area contributed by atoms with Crippen molar-refractivity contribution < 1.29 is 19.5 Å². The minimum Gasteiger partial charge on any atom is -0.480 e. The molecule has 0 aromatic heterocycles. The standard InChI is InChI=1S/C13H25N3O4/c1-3-4-5-8-16(12(18)9(2)14)10(13(19)20)6-7-11(15)17/h9-10H,3-8,14H2,1-2H3,(H2,15,17)(H,19,20)/t9-,10+/m0/s1. The zero-order chi connectivity index (χ0) is 15.7. The first-order chi connectivity index (χ1) is 9.31. The van der Waals surface area contributed by atoms with E-state index >= 15 is 0 Å². The molecule has 2 amide bonds. The molecule has 2 atom stereocenters. The number of primary amides is 1. The van der Waals surface area contributed by atoms with Gasteiger partial charge >= 0.3 is 5.97 Å². The van der Waals surface area contributed by atoms with Gasteiger partial charge in [-0.2, -0.15) is 0 Å². The maximum Gasteiger partial charge on any atom is 0.326 e. The van der Waals surface area contributed by atoms with E-state index in [4.69, 9.17) is 11.5 Å². The molecule has 5 N–H and O–H groups in total. The number of aliphatic carboxylic acids is 1. The summed E-state index contributed by atoms with van der Waals surface area (Å²) in [5.41, 5.74) is 10.6. The van der Waals surface area contributed by atoms with Crippen LogP contribution in [0.4, 0.5) is 0 Å². The first kappa shape index (κ1) is 18.4. The molecule has 0 spiro atoms. The summed E-state index contributed by atoms with van der Waals surface area (Å²) in [6.07, 6.45) is 2.49. The van der Waals surface area contributed by atoms with Crippen LogP contribution in [-0.2, 0) is 14.4 Å². The molecule has 0 aliphatic heterocycles. The fraction of sp³-hybridized carbons (Fsp3) is 0.769. The van der Waals surface area contributed by atoms with Gasteiger partial charge < -0.3 is 21.5 Å². The quantitative estimate of drug-likeness (QED) is 0.490. The zero-order valence-electron chi connectivity index (χ0n) is 12.2. The Hall–Kier alpha value is -1.63. The maximum atomic E-state index is 12.0. The van der Waals surface area contributed by atoms with E-state index in [0.717, 1.165) is 12.8 Å². The first-order valence-electron chi connectivity index (χ1n) is 6.88. The van der Waals surface area contributed by atoms with Gasteiger partial charge in [-0.15, -0.1) is 0 Å². The van der Waals surface area contributed by atoms with Gasteiger partial charge in [0.05, 0.1) is 6.04 Å². The number of carboxylic acids is 1. The first-order valence-corrected chi connectivity index (χ1v) is 6.88. The molecule has 0 rings (SSSR count). The normalized spacial score (nSPS) is 13.6. The summed E-state index contributed by atoms with van der Waals surface area (Å²) in [7, 11) is 0. The third-order valence-corrected chi connectivity index (χ3v) is 3.00. The highest BCUT2D eigenvalue weighted by Gasteiger charge is 2.30. The van der Waals surface area contributed by atoms with Crippen molar-refractivity contribution in [3.05, 3.63) is 0 Å². The number of hydrogen-bond donors (Lipinski definition) is 3. The van der Waals surface area contributed by atoms with E-state index in [2.05, 4.69) is 0 Å². The van der Waals surface area contributed by atoms with Crippen molar-refractivity contribution in [2.24, 2.45) is 11.5 Å². The second-order valence-electron chi connectivity index (χ2n) is 4.89. The van der Waals surface area contributed by atoms with Crippen molar-refractivity contribution in [3.63, 3.8) is 0 Å². The van der Waals surface area contributed by atoms with Crippen LogP contribution in [-0.4, -0.2) is 46.4 Å². The number of carbonyl (C=O) groups excluding carboxylic acids is 2. The molecule has 0 saturated carbocycles. The van der Waals surface area contributed by atoms with Gasteiger partial charge in [-0.3, -0.25) is 9.59 Å². The van der Waals surface area contributed by atoms with Gasteiger partial charge in [0.2, 0.25) is 11.8 Å². The summed E-state index contributed by atoms with van der Waals surface area (Å²) in [5.74, 6) is -2.15. The van der Waals surface area contributed by atoms with Crippen molar-refractivity contribution in [1.82, 2.24) is 4.90 Å². The van der Waals surface area contributed by atoms with E-state index in [1.807, 2.05) is 6.92 Å². The fourth-order valence-electron chi connectivity index (χ4n) is 1.90. The Morgan fingerprint density at radius 3 is 2.25 bits per heavy atom. The molecule has 0 aliphatic carbocycles. The van der Waals surface area contributed by atoms with Crippen LogP contribution in [0.1, 0.15) is 46.0 Å². The number of unbranched alkanes of at least 4 members (excludes halogenated alkanes) is 2. The third kappa shape index (κ3) is 6.51. The highest BCUT2D eigenvalue weighted by Crippen LogP contribution is 2.12. The van der Waals surface area contributed by atoms with Crippen LogP contribution in [0.25, 0.3) is 0 Å². The van der Waals surface area contributed by atoms with Gasteiger partial charge in [-0.05, 0) is 19.8 Å². The van der Waals surface area contributed by atoms with Crippen LogP contribution in [0.15, 0.2) is 0 Å². The monoisotopic (exact) mass is 287 g/mol. The Morgan fingerprint density at radius 2 is 1.85 bits per heavy atom. The Morgan fingerprint density at radius 1 is 1.25 bits per heavy atom. The van der Waals surface area contributed by atoms with Crippen LogP contribution in [0.5, 0.6) is 0 Å². The van der Waals surface area contributed by atoms with Crippen LogP contribution >= 0.6 is 0 Å². The molecule has 0 saturated heterocycles. The lowest BCUT2D eigenvalue weighted by Crippen LogP contribution is -2.51. The Kier molecular flexibility index (Phi) is 8.54. The predicted molar refractivity (Wildman–Crippen MR) is 74.7 cm³/mol. The van der Waals surface area contributed by atoms with E-state index < -0.39 is 29.9 Å². The van der Waals surface area contributed by atoms with Gasteiger partial charge in [0, 0.05) is 13.0 Å². The molecular formula is C13H25N3O4. The average molecular weight is 287 g/mol. The average Bonchev–Trinajstić information content (AvgIpc) is 2.35. The van der Waals surface area contributed by atoms with Crippen LogP contribution < -0.4 is 11.5 Å². The van der Waals surface area contributed by atoms with Crippen LogP contribution in [0, 0.1) is 0 Å². The summed E-state index contributed by atoms with van der Waals surface area (Å²) in [5, 5.41) is 9.26. The third-order valence-electron chi connectivity index (χ3n) is 3.00. The molecule has 0 unspecified atom stereocenters. The SMILES string of the molecule is CCCCCN(C(=O)[C@H](C)N)[C@H](CCC(N)=O)C(=O)O. The number of nitrogens with two attached hydrogens (primary N) is 2.